The molecule has 0 aromatic carbocycles. The minimum absolute atomic E-state index is 0.387. The van der Waals surface area contributed by atoms with Crippen LogP contribution in [0.4, 0.5) is 0 Å². The van der Waals surface area contributed by atoms with Gasteiger partial charge in [0.05, 0.1) is 38.0 Å². The number of ether oxygens (including phenoxy) is 1. The number of methoxy groups -OCH3 is 1. The molecule has 17 heavy (non-hydrogen) atoms. The molecule has 0 spiro atoms. The lowest BCUT2D eigenvalue weighted by molar-refractivity contribution is 0.411. The molecule has 1 atom stereocenters. The van der Waals surface area contributed by atoms with E-state index < -0.39 is 10.8 Å². The van der Waals surface area contributed by atoms with Crippen molar-refractivity contribution in [3.8, 4) is 5.75 Å². The monoisotopic (exact) mass is 331 g/mol. The van der Waals surface area contributed by atoms with Crippen LogP contribution in [0.25, 0.3) is 0 Å². The van der Waals surface area contributed by atoms with Gasteiger partial charge in [-0.25, -0.2) is 0 Å². The van der Waals surface area contributed by atoms with Crippen molar-refractivity contribution in [1.29, 1.82) is 0 Å². The number of halogens is 1. The van der Waals surface area contributed by atoms with Crippen LogP contribution in [0, 0.1) is 0 Å². The maximum atomic E-state index is 12.0. The van der Waals surface area contributed by atoms with Gasteiger partial charge in [-0.15, -0.1) is 11.3 Å². The Morgan fingerprint density at radius 3 is 3.00 bits per heavy atom. The van der Waals surface area contributed by atoms with Crippen molar-refractivity contribution < 1.29 is 8.95 Å². The summed E-state index contributed by atoms with van der Waals surface area (Å²) in [6.07, 6.45) is 1.66. The number of pyridine rings is 1. The van der Waals surface area contributed by atoms with Gasteiger partial charge in [0.1, 0.15) is 5.75 Å². The Balaban J connectivity index is 2.22. The Kier molecular flexibility index (Phi) is 4.31. The second-order valence-corrected chi connectivity index (χ2v) is 6.61. The summed E-state index contributed by atoms with van der Waals surface area (Å²) in [7, 11) is 0.544. The van der Waals surface area contributed by atoms with Gasteiger partial charge in [-0.3, -0.25) is 9.19 Å². The fraction of sp³-hybridized carbons (Fsp3) is 0.182. The van der Waals surface area contributed by atoms with E-state index in [9.17, 15) is 4.21 Å². The van der Waals surface area contributed by atoms with Crippen molar-refractivity contribution in [3.05, 3.63) is 39.9 Å². The molecular formula is C11H10BrNO2S2. The average molecular weight is 332 g/mol. The van der Waals surface area contributed by atoms with Gasteiger partial charge in [0.15, 0.2) is 0 Å². The molecule has 2 aromatic heterocycles. The Bertz CT molecular complexity index is 528. The van der Waals surface area contributed by atoms with Crippen molar-refractivity contribution in [2.75, 3.05) is 7.11 Å². The van der Waals surface area contributed by atoms with Crippen LogP contribution in [-0.4, -0.2) is 16.3 Å². The van der Waals surface area contributed by atoms with Crippen molar-refractivity contribution in [2.24, 2.45) is 0 Å². The molecule has 0 saturated heterocycles. The predicted molar refractivity (Wildman–Crippen MR) is 72.9 cm³/mol. The molecule has 6 heteroatoms. The van der Waals surface area contributed by atoms with Gasteiger partial charge in [-0.2, -0.15) is 0 Å². The van der Waals surface area contributed by atoms with E-state index in [2.05, 4.69) is 20.9 Å². The van der Waals surface area contributed by atoms with Gasteiger partial charge in [0.25, 0.3) is 0 Å². The third-order valence-electron chi connectivity index (χ3n) is 2.13. The highest BCUT2D eigenvalue weighted by molar-refractivity contribution is 9.10. The van der Waals surface area contributed by atoms with Crippen LogP contribution in [0.2, 0.25) is 0 Å². The predicted octanol–water partition coefficient (Wildman–Crippen LogP) is 3.22. The summed E-state index contributed by atoms with van der Waals surface area (Å²) < 4.78 is 18.9. The fourth-order valence-electron chi connectivity index (χ4n) is 1.31. The molecule has 0 aliphatic heterocycles. The van der Waals surface area contributed by atoms with Crippen molar-refractivity contribution in [2.45, 2.75) is 9.96 Å². The molecule has 3 nitrogen and oxygen atoms in total. The maximum absolute atomic E-state index is 12.0. The molecule has 0 radical (unpaired) electrons. The molecule has 0 aliphatic carbocycles. The zero-order valence-electron chi connectivity index (χ0n) is 9.05. The molecule has 0 amide bonds. The van der Waals surface area contributed by atoms with Crippen LogP contribution in [0.15, 0.2) is 38.5 Å². The molecule has 0 bridgehead atoms. The number of rotatable bonds is 4. The minimum atomic E-state index is -1.05. The summed E-state index contributed by atoms with van der Waals surface area (Å²) >= 11 is 4.91. The first kappa shape index (κ1) is 12.7. The van der Waals surface area contributed by atoms with Crippen LogP contribution in [0.3, 0.4) is 0 Å². The number of hydrogen-bond acceptors (Lipinski definition) is 4. The third kappa shape index (κ3) is 2.94. The van der Waals surface area contributed by atoms with Gasteiger partial charge in [-0.1, -0.05) is 6.07 Å². The lowest BCUT2D eigenvalue weighted by Gasteiger charge is -2.07. The van der Waals surface area contributed by atoms with Crippen LogP contribution in [0.5, 0.6) is 5.75 Å². The lowest BCUT2D eigenvalue weighted by atomic mass is 10.3. The topological polar surface area (TPSA) is 39.2 Å². The summed E-state index contributed by atoms with van der Waals surface area (Å²) in [5, 5.41) is 1.92. The van der Waals surface area contributed by atoms with Gasteiger partial charge in [0.2, 0.25) is 0 Å². The molecule has 0 aliphatic rings. The second-order valence-electron chi connectivity index (χ2n) is 3.20. The highest BCUT2D eigenvalue weighted by Gasteiger charge is 2.12. The van der Waals surface area contributed by atoms with E-state index in [-0.39, 0.29) is 0 Å². The largest absolute Gasteiger partial charge is 0.495 e. The zero-order valence-corrected chi connectivity index (χ0v) is 12.3. The highest BCUT2D eigenvalue weighted by atomic mass is 79.9. The third-order valence-corrected chi connectivity index (χ3v) is 5.61. The summed E-state index contributed by atoms with van der Waals surface area (Å²) in [5.41, 5.74) is 0.746. The van der Waals surface area contributed by atoms with E-state index >= 15 is 0 Å². The van der Waals surface area contributed by atoms with E-state index in [1.807, 2.05) is 17.5 Å². The maximum Gasteiger partial charge on any atom is 0.136 e. The van der Waals surface area contributed by atoms with E-state index in [0.29, 0.717) is 11.5 Å². The second kappa shape index (κ2) is 5.75. The SMILES string of the molecule is COc1ccnc(CS(=O)c2cccs2)c1Br. The summed E-state index contributed by atoms with van der Waals surface area (Å²) in [6, 6.07) is 5.53. The van der Waals surface area contributed by atoms with Crippen LogP contribution in [0.1, 0.15) is 5.69 Å². The Morgan fingerprint density at radius 2 is 2.35 bits per heavy atom. The van der Waals surface area contributed by atoms with E-state index in [1.165, 1.54) is 11.3 Å². The molecular weight excluding hydrogens is 322 g/mol. The number of thiophene rings is 1. The molecule has 0 N–H and O–H groups in total. The molecule has 0 saturated carbocycles. The van der Waals surface area contributed by atoms with Gasteiger partial charge in [-0.05, 0) is 33.4 Å². The Hall–Kier alpha value is -0.720. The van der Waals surface area contributed by atoms with Gasteiger partial charge >= 0.3 is 0 Å². The first-order valence-corrected chi connectivity index (χ1v) is 7.80. The average Bonchev–Trinajstić information content (AvgIpc) is 2.85. The normalized spacial score (nSPS) is 12.4. The number of nitrogens with zero attached hydrogens (tertiary/aromatic N) is 1. The smallest absolute Gasteiger partial charge is 0.136 e. The van der Waals surface area contributed by atoms with Crippen molar-refractivity contribution in [3.63, 3.8) is 0 Å². The lowest BCUT2D eigenvalue weighted by Crippen LogP contribution is -1.99. The molecule has 0 fully saturated rings. The molecule has 1 unspecified atom stereocenters. The zero-order chi connectivity index (χ0) is 12.3. The molecule has 2 rings (SSSR count). The van der Waals surface area contributed by atoms with Crippen molar-refractivity contribution in [1.82, 2.24) is 4.98 Å². The number of hydrogen-bond donors (Lipinski definition) is 0. The number of aromatic nitrogens is 1. The van der Waals surface area contributed by atoms with Crippen molar-refractivity contribution >= 4 is 38.1 Å². The highest BCUT2D eigenvalue weighted by Crippen LogP contribution is 2.28. The Labute approximate surface area is 114 Å². The van der Waals surface area contributed by atoms with Gasteiger partial charge in [0, 0.05) is 6.20 Å². The Morgan fingerprint density at radius 1 is 1.53 bits per heavy atom. The quantitative estimate of drug-likeness (QED) is 0.863. The first-order chi connectivity index (χ1) is 8.22. The van der Waals surface area contributed by atoms with Crippen LogP contribution >= 0.6 is 27.3 Å². The fourth-order valence-corrected chi connectivity index (χ4v) is 4.10. The van der Waals surface area contributed by atoms with E-state index in [1.54, 1.807) is 19.4 Å². The van der Waals surface area contributed by atoms with E-state index in [4.69, 9.17) is 4.74 Å². The molecule has 90 valence electrons. The van der Waals surface area contributed by atoms with Crippen LogP contribution in [-0.2, 0) is 16.6 Å². The van der Waals surface area contributed by atoms with Crippen LogP contribution < -0.4 is 4.74 Å². The summed E-state index contributed by atoms with van der Waals surface area (Å²) in [4.78, 5) is 4.22. The standard InChI is InChI=1S/C11H10BrNO2S2/c1-15-9-4-5-13-8(11(9)12)7-17(14)10-3-2-6-16-10/h2-6H,7H2,1H3. The summed E-state index contributed by atoms with van der Waals surface area (Å²) in [6.45, 7) is 0. The first-order valence-electron chi connectivity index (χ1n) is 4.81. The molecule has 2 heterocycles. The van der Waals surface area contributed by atoms with E-state index in [0.717, 1.165) is 14.4 Å². The molecule has 2 aromatic rings. The minimum Gasteiger partial charge on any atom is -0.495 e. The summed E-state index contributed by atoms with van der Waals surface area (Å²) in [5.74, 6) is 1.09. The van der Waals surface area contributed by atoms with Gasteiger partial charge < -0.3 is 4.74 Å².